The number of hydrogen-bond acceptors (Lipinski definition) is 4. The highest BCUT2D eigenvalue weighted by atomic mass is 35.5. The number of rotatable bonds is 11. The molecule has 7 nitrogen and oxygen atoms in total. The summed E-state index contributed by atoms with van der Waals surface area (Å²) in [6.45, 7) is 7.50. The normalized spacial score (nSPS) is 12.4. The van der Waals surface area contributed by atoms with Crippen molar-refractivity contribution < 1.29 is 18.0 Å². The summed E-state index contributed by atoms with van der Waals surface area (Å²) in [5.74, 6) is -0.642. The maximum Gasteiger partial charge on any atom is 0.244 e. The van der Waals surface area contributed by atoms with Crippen molar-refractivity contribution in [2.45, 2.75) is 46.7 Å². The fourth-order valence-electron chi connectivity index (χ4n) is 3.53. The summed E-state index contributed by atoms with van der Waals surface area (Å²) in [5, 5.41) is 3.92. The van der Waals surface area contributed by atoms with Crippen LogP contribution in [0, 0.1) is 12.8 Å². The third kappa shape index (κ3) is 8.26. The van der Waals surface area contributed by atoms with E-state index in [0.717, 1.165) is 16.1 Å². The van der Waals surface area contributed by atoms with Gasteiger partial charge in [0.2, 0.25) is 21.8 Å². The smallest absolute Gasteiger partial charge is 0.244 e. The summed E-state index contributed by atoms with van der Waals surface area (Å²) in [7, 11) is -3.85. The van der Waals surface area contributed by atoms with Gasteiger partial charge in [-0.05, 0) is 54.7 Å². The van der Waals surface area contributed by atoms with Gasteiger partial charge in [-0.2, -0.15) is 0 Å². The largest absolute Gasteiger partial charge is 0.354 e. The van der Waals surface area contributed by atoms with E-state index in [1.165, 1.54) is 11.0 Å². The van der Waals surface area contributed by atoms with Crippen molar-refractivity contribution in [3.63, 3.8) is 0 Å². The highest BCUT2D eigenvalue weighted by Crippen LogP contribution is 2.27. The molecule has 36 heavy (non-hydrogen) atoms. The lowest BCUT2D eigenvalue weighted by Gasteiger charge is -2.33. The molecule has 0 fully saturated rings. The summed E-state index contributed by atoms with van der Waals surface area (Å²) < 4.78 is 26.3. The van der Waals surface area contributed by atoms with Crippen molar-refractivity contribution in [1.29, 1.82) is 0 Å². The van der Waals surface area contributed by atoms with Crippen LogP contribution in [0.1, 0.15) is 38.3 Å². The first-order chi connectivity index (χ1) is 16.7. The highest BCUT2D eigenvalue weighted by molar-refractivity contribution is 7.92. The van der Waals surface area contributed by atoms with Gasteiger partial charge in [0.15, 0.2) is 0 Å². The second-order valence-electron chi connectivity index (χ2n) is 9.04. The van der Waals surface area contributed by atoms with Gasteiger partial charge in [-0.25, -0.2) is 8.42 Å². The van der Waals surface area contributed by atoms with Crippen LogP contribution in [0.25, 0.3) is 0 Å². The molecule has 0 saturated carbocycles. The lowest BCUT2D eigenvalue weighted by Crippen LogP contribution is -2.52. The lowest BCUT2D eigenvalue weighted by atomic mass is 10.1. The molecule has 0 radical (unpaired) electrons. The number of carbonyl (C=O) groups excluding carboxylic acids is 2. The average Bonchev–Trinajstić information content (AvgIpc) is 2.79. The topological polar surface area (TPSA) is 86.8 Å². The van der Waals surface area contributed by atoms with Gasteiger partial charge in [0, 0.05) is 18.1 Å². The van der Waals surface area contributed by atoms with Crippen molar-refractivity contribution >= 4 is 62.3 Å². The number of nitrogens with one attached hydrogen (secondary N) is 1. The minimum Gasteiger partial charge on any atom is -0.354 e. The van der Waals surface area contributed by atoms with Crippen LogP contribution in [-0.2, 0) is 26.2 Å². The van der Waals surface area contributed by atoms with Crippen molar-refractivity contribution in [2.24, 2.45) is 5.92 Å². The molecule has 0 aliphatic rings. The van der Waals surface area contributed by atoms with E-state index >= 15 is 0 Å². The van der Waals surface area contributed by atoms with Crippen molar-refractivity contribution in [2.75, 3.05) is 23.7 Å². The predicted octanol–water partition coefficient (Wildman–Crippen LogP) is 5.30. The molecule has 0 aromatic heterocycles. The zero-order chi connectivity index (χ0) is 27.2. The monoisotopic (exact) mass is 575 g/mol. The fourth-order valence-corrected chi connectivity index (χ4v) is 4.86. The average molecular weight is 577 g/mol. The highest BCUT2D eigenvalue weighted by Gasteiger charge is 2.32. The first-order valence-corrected chi connectivity index (χ1v) is 14.5. The van der Waals surface area contributed by atoms with Crippen LogP contribution in [-0.4, -0.2) is 50.5 Å². The summed E-state index contributed by atoms with van der Waals surface area (Å²) in [5.41, 5.74) is 1.68. The molecule has 11 heteroatoms. The molecule has 1 unspecified atom stereocenters. The van der Waals surface area contributed by atoms with E-state index in [1.54, 1.807) is 44.2 Å². The van der Waals surface area contributed by atoms with Crippen LogP contribution < -0.4 is 9.62 Å². The summed E-state index contributed by atoms with van der Waals surface area (Å²) >= 11 is 18.4. The SMILES string of the molecule is CCC(C(=O)NCC(C)C)N(Cc1ccc(Cl)c(Cl)c1)C(=O)CN(c1ccc(C)c(Cl)c1)S(C)(=O)=O. The molecule has 0 heterocycles. The number of amides is 2. The summed E-state index contributed by atoms with van der Waals surface area (Å²) in [6, 6.07) is 8.89. The van der Waals surface area contributed by atoms with E-state index in [1.807, 2.05) is 13.8 Å². The number of carbonyl (C=O) groups is 2. The van der Waals surface area contributed by atoms with Gasteiger partial charge in [0.05, 0.1) is 22.0 Å². The van der Waals surface area contributed by atoms with Gasteiger partial charge in [-0.15, -0.1) is 0 Å². The number of halogens is 3. The minimum atomic E-state index is -3.85. The van der Waals surface area contributed by atoms with E-state index in [-0.39, 0.29) is 24.1 Å². The third-order valence-electron chi connectivity index (χ3n) is 5.53. The van der Waals surface area contributed by atoms with Crippen LogP contribution in [0.15, 0.2) is 36.4 Å². The Morgan fingerprint density at radius 1 is 1.00 bits per heavy atom. The molecule has 0 saturated heterocycles. The molecule has 2 amide bonds. The first-order valence-electron chi connectivity index (χ1n) is 11.5. The number of anilines is 1. The number of benzene rings is 2. The van der Waals surface area contributed by atoms with Gasteiger partial charge < -0.3 is 10.2 Å². The van der Waals surface area contributed by atoms with Gasteiger partial charge in [-0.3, -0.25) is 13.9 Å². The summed E-state index contributed by atoms with van der Waals surface area (Å²) in [4.78, 5) is 28.1. The zero-order valence-electron chi connectivity index (χ0n) is 21.0. The lowest BCUT2D eigenvalue weighted by molar-refractivity contribution is -0.140. The maximum absolute atomic E-state index is 13.7. The number of sulfonamides is 1. The van der Waals surface area contributed by atoms with E-state index in [4.69, 9.17) is 34.8 Å². The molecule has 2 aromatic rings. The molecule has 2 rings (SSSR count). The molecule has 0 spiro atoms. The Balaban J connectivity index is 2.46. The van der Waals surface area contributed by atoms with Crippen molar-refractivity contribution in [1.82, 2.24) is 10.2 Å². The molecule has 1 atom stereocenters. The Bertz CT molecular complexity index is 1210. The summed E-state index contributed by atoms with van der Waals surface area (Å²) in [6.07, 6.45) is 1.34. The Labute approximate surface area is 228 Å². The van der Waals surface area contributed by atoms with E-state index in [9.17, 15) is 18.0 Å². The number of nitrogens with zero attached hydrogens (tertiary/aromatic N) is 2. The third-order valence-corrected chi connectivity index (χ3v) is 7.82. The Morgan fingerprint density at radius 2 is 1.67 bits per heavy atom. The molecular formula is C25H32Cl3N3O4S. The first kappa shape index (κ1) is 30.2. The van der Waals surface area contributed by atoms with Crippen molar-refractivity contribution in [3.8, 4) is 0 Å². The maximum atomic E-state index is 13.7. The van der Waals surface area contributed by atoms with Gasteiger partial charge >= 0.3 is 0 Å². The van der Waals surface area contributed by atoms with Crippen molar-refractivity contribution in [3.05, 3.63) is 62.6 Å². The molecule has 0 bridgehead atoms. The number of aryl methyl sites for hydroxylation is 1. The molecule has 0 aliphatic carbocycles. The van der Waals surface area contributed by atoms with Crippen LogP contribution in [0.2, 0.25) is 15.1 Å². The standard InChI is InChI=1S/C25H32Cl3N3O4S/c1-6-23(25(33)29-13-16(2)3)30(14-18-8-10-20(26)22(28)11-18)24(32)15-31(36(5,34)35)19-9-7-17(4)21(27)12-19/h7-12,16,23H,6,13-15H2,1-5H3,(H,29,33). The van der Waals surface area contributed by atoms with Gasteiger partial charge in [0.1, 0.15) is 12.6 Å². The van der Waals surface area contributed by atoms with Gasteiger partial charge in [-0.1, -0.05) is 67.7 Å². The molecule has 198 valence electrons. The Kier molecular flexibility index (Phi) is 10.9. The second kappa shape index (κ2) is 13.0. The van der Waals surface area contributed by atoms with Crippen LogP contribution >= 0.6 is 34.8 Å². The minimum absolute atomic E-state index is 0.0373. The van der Waals surface area contributed by atoms with Crippen LogP contribution in [0.5, 0.6) is 0 Å². The Hall–Kier alpha value is -2.00. The molecule has 2 aromatic carbocycles. The van der Waals surface area contributed by atoms with Gasteiger partial charge in [0.25, 0.3) is 0 Å². The predicted molar refractivity (Wildman–Crippen MR) is 147 cm³/mol. The molecular weight excluding hydrogens is 545 g/mol. The Morgan fingerprint density at radius 3 is 2.19 bits per heavy atom. The van der Waals surface area contributed by atoms with E-state index in [0.29, 0.717) is 33.6 Å². The van der Waals surface area contributed by atoms with E-state index < -0.39 is 28.5 Å². The second-order valence-corrected chi connectivity index (χ2v) is 12.2. The van der Waals surface area contributed by atoms with Crippen LogP contribution in [0.4, 0.5) is 5.69 Å². The van der Waals surface area contributed by atoms with Crippen LogP contribution in [0.3, 0.4) is 0 Å². The number of hydrogen-bond donors (Lipinski definition) is 1. The zero-order valence-corrected chi connectivity index (χ0v) is 24.1. The van der Waals surface area contributed by atoms with E-state index in [2.05, 4.69) is 5.32 Å². The fraction of sp³-hybridized carbons (Fsp3) is 0.440. The molecule has 0 aliphatic heterocycles. The quantitative estimate of drug-likeness (QED) is 0.393. The molecule has 1 N–H and O–H groups in total.